The van der Waals surface area contributed by atoms with Gasteiger partial charge < -0.3 is 4.90 Å². The van der Waals surface area contributed by atoms with Gasteiger partial charge in [0.1, 0.15) is 0 Å². The zero-order chi connectivity index (χ0) is 23.5. The Morgan fingerprint density at radius 1 is 1.03 bits per heavy atom. The van der Waals surface area contributed by atoms with Crippen molar-refractivity contribution in [3.05, 3.63) is 75.8 Å². The number of alkyl halides is 3. The number of sulfonamides is 1. The molecule has 0 radical (unpaired) electrons. The van der Waals surface area contributed by atoms with E-state index in [4.69, 9.17) is 0 Å². The van der Waals surface area contributed by atoms with Crippen LogP contribution in [0.5, 0.6) is 0 Å². The van der Waals surface area contributed by atoms with E-state index in [1.807, 2.05) is 0 Å². The van der Waals surface area contributed by atoms with Crippen LogP contribution in [-0.4, -0.2) is 54.6 Å². The molecule has 0 unspecified atom stereocenters. The highest BCUT2D eigenvalue weighted by Crippen LogP contribution is 2.35. The predicted molar refractivity (Wildman–Crippen MR) is 109 cm³/mol. The molecular weight excluding hydrogens is 451 g/mol. The Hall–Kier alpha value is -3.25. The fourth-order valence-corrected chi connectivity index (χ4v) is 4.86. The van der Waals surface area contributed by atoms with E-state index >= 15 is 0 Å². The quantitative estimate of drug-likeness (QED) is 0.380. The van der Waals surface area contributed by atoms with Crippen LogP contribution in [0.4, 0.5) is 18.9 Å². The second-order valence-corrected chi connectivity index (χ2v) is 8.82. The lowest BCUT2D eigenvalue weighted by Crippen LogP contribution is -2.50. The molecule has 0 aromatic heterocycles. The number of benzene rings is 2. The van der Waals surface area contributed by atoms with Crippen LogP contribution in [0.3, 0.4) is 0 Å². The standard InChI is InChI=1S/C20H18F3N3O5S/c21-20(22,23)17-6-1-2-7-18(17)32(30,31)25-12-10-24(11-13-25)19(27)9-8-15-4-3-5-16(14-15)26(28)29/h1-9,14H,10-13H2. The molecule has 0 saturated carbocycles. The molecule has 0 spiro atoms. The zero-order valence-corrected chi connectivity index (χ0v) is 17.3. The molecule has 8 nitrogen and oxygen atoms in total. The molecule has 1 heterocycles. The van der Waals surface area contributed by atoms with E-state index in [0.29, 0.717) is 11.6 Å². The van der Waals surface area contributed by atoms with Gasteiger partial charge in [-0.25, -0.2) is 8.42 Å². The number of rotatable bonds is 5. The minimum atomic E-state index is -4.82. The van der Waals surface area contributed by atoms with Crippen molar-refractivity contribution in [3.63, 3.8) is 0 Å². The molecule has 3 rings (SSSR count). The number of hydrogen-bond acceptors (Lipinski definition) is 5. The monoisotopic (exact) mass is 469 g/mol. The van der Waals surface area contributed by atoms with Crippen molar-refractivity contribution in [2.75, 3.05) is 26.2 Å². The van der Waals surface area contributed by atoms with E-state index in [2.05, 4.69) is 0 Å². The summed E-state index contributed by atoms with van der Waals surface area (Å²) in [6.45, 7) is -0.340. The van der Waals surface area contributed by atoms with Gasteiger partial charge in [0.25, 0.3) is 5.69 Å². The zero-order valence-electron chi connectivity index (χ0n) is 16.5. The summed E-state index contributed by atoms with van der Waals surface area (Å²) in [5.74, 6) is -0.441. The van der Waals surface area contributed by atoms with Gasteiger partial charge in [0, 0.05) is 44.4 Å². The summed E-state index contributed by atoms with van der Waals surface area (Å²) in [6.07, 6.45) is -2.21. The molecule has 12 heteroatoms. The van der Waals surface area contributed by atoms with E-state index in [1.54, 1.807) is 6.07 Å². The lowest BCUT2D eigenvalue weighted by atomic mass is 10.2. The molecule has 2 aromatic rings. The van der Waals surface area contributed by atoms with Crippen LogP contribution in [-0.2, 0) is 21.0 Å². The average molecular weight is 469 g/mol. The Morgan fingerprint density at radius 2 is 1.69 bits per heavy atom. The van der Waals surface area contributed by atoms with Gasteiger partial charge in [-0.3, -0.25) is 14.9 Å². The normalized spacial score (nSPS) is 15.8. The van der Waals surface area contributed by atoms with Crippen molar-refractivity contribution in [2.24, 2.45) is 0 Å². The number of nitrogens with zero attached hydrogens (tertiary/aromatic N) is 3. The fraction of sp³-hybridized carbons (Fsp3) is 0.250. The SMILES string of the molecule is O=C(C=Cc1cccc([N+](=O)[O-])c1)N1CCN(S(=O)(=O)c2ccccc2C(F)(F)F)CC1. The second kappa shape index (κ2) is 9.09. The van der Waals surface area contributed by atoms with E-state index in [1.165, 1.54) is 41.3 Å². The minimum absolute atomic E-state index is 0.00841. The molecule has 2 aromatic carbocycles. The molecule has 32 heavy (non-hydrogen) atoms. The van der Waals surface area contributed by atoms with Gasteiger partial charge in [-0.15, -0.1) is 0 Å². The molecule has 0 N–H and O–H groups in total. The summed E-state index contributed by atoms with van der Waals surface area (Å²) in [6, 6.07) is 9.64. The molecule has 170 valence electrons. The lowest BCUT2D eigenvalue weighted by Gasteiger charge is -2.33. The maximum atomic E-state index is 13.2. The van der Waals surface area contributed by atoms with Crippen molar-refractivity contribution >= 4 is 27.7 Å². The molecule has 1 aliphatic rings. The van der Waals surface area contributed by atoms with Crippen molar-refractivity contribution in [2.45, 2.75) is 11.1 Å². The third-order valence-corrected chi connectivity index (χ3v) is 6.82. The van der Waals surface area contributed by atoms with E-state index < -0.39 is 37.5 Å². The first-order chi connectivity index (χ1) is 15.0. The maximum absolute atomic E-state index is 13.2. The Balaban J connectivity index is 1.68. The summed E-state index contributed by atoms with van der Waals surface area (Å²) >= 11 is 0. The number of amides is 1. The van der Waals surface area contributed by atoms with Gasteiger partial charge in [0.15, 0.2) is 0 Å². The first kappa shape index (κ1) is 23.4. The van der Waals surface area contributed by atoms with Crippen LogP contribution in [0.2, 0.25) is 0 Å². The smallest absolute Gasteiger partial charge is 0.337 e. The summed E-state index contributed by atoms with van der Waals surface area (Å²) in [7, 11) is -4.40. The van der Waals surface area contributed by atoms with Crippen LogP contribution in [0.1, 0.15) is 11.1 Å². The fourth-order valence-electron chi connectivity index (χ4n) is 3.23. The third-order valence-electron chi connectivity index (χ3n) is 4.86. The van der Waals surface area contributed by atoms with Crippen LogP contribution < -0.4 is 0 Å². The third kappa shape index (κ3) is 5.14. The van der Waals surface area contributed by atoms with E-state index in [-0.39, 0.29) is 31.9 Å². The topological polar surface area (TPSA) is 101 Å². The largest absolute Gasteiger partial charge is 0.417 e. The first-order valence-corrected chi connectivity index (χ1v) is 10.8. The van der Waals surface area contributed by atoms with Gasteiger partial charge in [0.05, 0.1) is 15.4 Å². The number of piperazine rings is 1. The predicted octanol–water partition coefficient (Wildman–Crippen LogP) is 3.16. The second-order valence-electron chi connectivity index (χ2n) is 6.91. The summed E-state index contributed by atoms with van der Waals surface area (Å²) in [5.41, 5.74) is -0.923. The number of hydrogen-bond donors (Lipinski definition) is 0. The van der Waals surface area contributed by atoms with Gasteiger partial charge in [0.2, 0.25) is 15.9 Å². The first-order valence-electron chi connectivity index (χ1n) is 9.38. The van der Waals surface area contributed by atoms with Crippen LogP contribution in [0, 0.1) is 10.1 Å². The lowest BCUT2D eigenvalue weighted by molar-refractivity contribution is -0.384. The van der Waals surface area contributed by atoms with Crippen molar-refractivity contribution < 1.29 is 31.3 Å². The van der Waals surface area contributed by atoms with Crippen molar-refractivity contribution in [1.29, 1.82) is 0 Å². The number of non-ortho nitro benzene ring substituents is 1. The van der Waals surface area contributed by atoms with Crippen molar-refractivity contribution in [1.82, 2.24) is 9.21 Å². The molecule has 0 bridgehead atoms. The Kier molecular flexibility index (Phi) is 6.65. The molecule has 1 fully saturated rings. The highest BCUT2D eigenvalue weighted by atomic mass is 32.2. The van der Waals surface area contributed by atoms with Gasteiger partial charge in [-0.1, -0.05) is 24.3 Å². The maximum Gasteiger partial charge on any atom is 0.417 e. The summed E-state index contributed by atoms with van der Waals surface area (Å²) in [4.78, 5) is 23.2. The van der Waals surface area contributed by atoms with Gasteiger partial charge in [-0.05, 0) is 23.8 Å². The highest BCUT2D eigenvalue weighted by Gasteiger charge is 2.39. The van der Waals surface area contributed by atoms with Crippen LogP contribution in [0.15, 0.2) is 59.5 Å². The average Bonchev–Trinajstić information content (AvgIpc) is 2.77. The molecule has 1 amide bonds. The summed E-state index contributed by atoms with van der Waals surface area (Å²) < 4.78 is 66.2. The number of halogens is 3. The molecule has 0 aliphatic carbocycles. The van der Waals surface area contributed by atoms with Crippen LogP contribution >= 0.6 is 0 Å². The highest BCUT2D eigenvalue weighted by molar-refractivity contribution is 7.89. The number of carbonyl (C=O) groups excluding carboxylic acids is 1. The van der Waals surface area contributed by atoms with Gasteiger partial charge in [-0.2, -0.15) is 17.5 Å². The minimum Gasteiger partial charge on any atom is -0.337 e. The van der Waals surface area contributed by atoms with E-state index in [9.17, 15) is 36.5 Å². The molecule has 1 aliphatic heterocycles. The van der Waals surface area contributed by atoms with Crippen molar-refractivity contribution in [3.8, 4) is 0 Å². The van der Waals surface area contributed by atoms with Gasteiger partial charge >= 0.3 is 6.18 Å². The molecule has 0 atom stereocenters. The Labute approximate surface area is 181 Å². The Morgan fingerprint density at radius 3 is 2.31 bits per heavy atom. The number of carbonyl (C=O) groups is 1. The number of nitro groups is 1. The van der Waals surface area contributed by atoms with Crippen LogP contribution in [0.25, 0.3) is 6.08 Å². The molecule has 1 saturated heterocycles. The molecular formula is C20H18F3N3O5S. The summed E-state index contributed by atoms with van der Waals surface area (Å²) in [5, 5.41) is 10.8. The van der Waals surface area contributed by atoms with E-state index in [0.717, 1.165) is 16.4 Å². The Bertz CT molecular complexity index is 1160. The number of nitro benzene ring substituents is 1.